The number of halogens is 1. The van der Waals surface area contributed by atoms with Crippen LogP contribution in [0.1, 0.15) is 36.8 Å². The normalized spacial score (nSPS) is 14.7. The molecular formula is C23H25BrN6O2. The first-order valence-corrected chi connectivity index (χ1v) is 11.4. The lowest BCUT2D eigenvalue weighted by molar-refractivity contribution is -0.121. The molecule has 0 unspecified atom stereocenters. The second-order valence-corrected chi connectivity index (χ2v) is 8.84. The van der Waals surface area contributed by atoms with E-state index in [-0.39, 0.29) is 17.9 Å². The minimum atomic E-state index is -0.960. The Hall–Kier alpha value is -3.20. The lowest BCUT2D eigenvalue weighted by atomic mass is 9.96. The Morgan fingerprint density at radius 2 is 1.72 bits per heavy atom. The zero-order valence-electron chi connectivity index (χ0n) is 17.6. The van der Waals surface area contributed by atoms with E-state index in [1.807, 2.05) is 54.6 Å². The summed E-state index contributed by atoms with van der Waals surface area (Å²) in [5.41, 5.74) is 1.10. The van der Waals surface area contributed by atoms with Crippen LogP contribution in [0, 0.1) is 0 Å². The van der Waals surface area contributed by atoms with Crippen molar-refractivity contribution in [2.45, 2.75) is 44.3 Å². The summed E-state index contributed by atoms with van der Waals surface area (Å²) in [5, 5.41) is 12.9. The Kier molecular flexibility index (Phi) is 6.84. The first-order chi connectivity index (χ1) is 15.5. The number of hydrogen-bond donors (Lipinski definition) is 3. The van der Waals surface area contributed by atoms with Gasteiger partial charge in [-0.3, -0.25) is 10.1 Å². The van der Waals surface area contributed by atoms with Crippen molar-refractivity contribution in [1.29, 1.82) is 0 Å². The summed E-state index contributed by atoms with van der Waals surface area (Å²) in [5.74, 6) is -0.0591. The molecule has 1 aliphatic rings. The van der Waals surface area contributed by atoms with Crippen molar-refractivity contribution in [3.8, 4) is 0 Å². The number of anilines is 1. The number of urea groups is 1. The summed E-state index contributed by atoms with van der Waals surface area (Å²) in [6.07, 6.45) is 4.49. The van der Waals surface area contributed by atoms with Crippen LogP contribution in [0.4, 0.5) is 10.7 Å². The second-order valence-electron chi connectivity index (χ2n) is 7.93. The first kappa shape index (κ1) is 22.0. The number of benzene rings is 2. The van der Waals surface area contributed by atoms with E-state index in [0.717, 1.165) is 28.4 Å². The number of amides is 3. The van der Waals surface area contributed by atoms with E-state index in [0.29, 0.717) is 25.9 Å². The highest BCUT2D eigenvalue weighted by Crippen LogP contribution is 2.30. The molecule has 2 aromatic carbocycles. The van der Waals surface area contributed by atoms with E-state index in [4.69, 9.17) is 0 Å². The highest BCUT2D eigenvalue weighted by molar-refractivity contribution is 9.10. The first-order valence-electron chi connectivity index (χ1n) is 10.6. The fourth-order valence-electron chi connectivity index (χ4n) is 3.85. The van der Waals surface area contributed by atoms with Crippen LogP contribution in [0.5, 0.6) is 0 Å². The summed E-state index contributed by atoms with van der Waals surface area (Å²) < 4.78 is 2.68. The molecule has 8 nitrogen and oxygen atoms in total. The smallest absolute Gasteiger partial charge is 0.315 e. The number of hydrogen-bond acceptors (Lipinski definition) is 4. The third kappa shape index (κ3) is 5.53. The van der Waals surface area contributed by atoms with E-state index in [1.165, 1.54) is 0 Å². The molecule has 3 amide bonds. The average molecular weight is 497 g/mol. The SMILES string of the molecule is O=C(NCc1ccccc1)NC1(C(=O)Nc2ncn(Cc3ccc(Br)cc3)n2)CCCC1. The minimum Gasteiger partial charge on any atom is -0.334 e. The molecule has 1 aliphatic carbocycles. The zero-order valence-corrected chi connectivity index (χ0v) is 19.1. The fraction of sp³-hybridized carbons (Fsp3) is 0.304. The van der Waals surface area contributed by atoms with E-state index < -0.39 is 5.54 Å². The van der Waals surface area contributed by atoms with Crippen molar-refractivity contribution in [2.75, 3.05) is 5.32 Å². The summed E-state index contributed by atoms with van der Waals surface area (Å²) >= 11 is 3.42. The predicted octanol–water partition coefficient (Wildman–Crippen LogP) is 3.84. The van der Waals surface area contributed by atoms with Crippen LogP contribution in [0.2, 0.25) is 0 Å². The molecule has 0 bridgehead atoms. The molecule has 32 heavy (non-hydrogen) atoms. The number of carbonyl (C=O) groups excluding carboxylic acids is 2. The topological polar surface area (TPSA) is 101 Å². The predicted molar refractivity (Wildman–Crippen MR) is 125 cm³/mol. The molecule has 3 aromatic rings. The largest absolute Gasteiger partial charge is 0.334 e. The van der Waals surface area contributed by atoms with Gasteiger partial charge in [-0.15, -0.1) is 5.10 Å². The van der Waals surface area contributed by atoms with Gasteiger partial charge in [0.1, 0.15) is 11.9 Å². The number of aromatic nitrogens is 3. The van der Waals surface area contributed by atoms with Gasteiger partial charge in [-0.1, -0.05) is 71.2 Å². The van der Waals surface area contributed by atoms with Crippen LogP contribution in [0.25, 0.3) is 0 Å². The number of nitrogens with zero attached hydrogens (tertiary/aromatic N) is 3. The van der Waals surface area contributed by atoms with Gasteiger partial charge in [-0.2, -0.15) is 0 Å². The molecular weight excluding hydrogens is 472 g/mol. The van der Waals surface area contributed by atoms with E-state index in [2.05, 4.69) is 42.0 Å². The van der Waals surface area contributed by atoms with Gasteiger partial charge in [0.15, 0.2) is 0 Å². The van der Waals surface area contributed by atoms with Crippen LogP contribution in [-0.2, 0) is 17.9 Å². The number of carbonyl (C=O) groups is 2. The van der Waals surface area contributed by atoms with Crippen LogP contribution < -0.4 is 16.0 Å². The van der Waals surface area contributed by atoms with Crippen molar-refractivity contribution in [1.82, 2.24) is 25.4 Å². The molecule has 9 heteroatoms. The maximum atomic E-state index is 13.1. The third-order valence-corrected chi connectivity index (χ3v) is 6.09. The summed E-state index contributed by atoms with van der Waals surface area (Å²) in [6.45, 7) is 0.938. The second kappa shape index (κ2) is 9.95. The summed E-state index contributed by atoms with van der Waals surface area (Å²) in [6, 6.07) is 17.2. The van der Waals surface area contributed by atoms with Crippen molar-refractivity contribution in [2.24, 2.45) is 0 Å². The molecule has 1 heterocycles. The maximum absolute atomic E-state index is 13.1. The molecule has 0 radical (unpaired) electrons. The Balaban J connectivity index is 1.36. The summed E-state index contributed by atoms with van der Waals surface area (Å²) in [7, 11) is 0. The molecule has 4 rings (SSSR count). The van der Waals surface area contributed by atoms with E-state index in [1.54, 1.807) is 11.0 Å². The molecule has 0 aliphatic heterocycles. The molecule has 166 valence electrons. The van der Waals surface area contributed by atoms with Crippen molar-refractivity contribution < 1.29 is 9.59 Å². The highest BCUT2D eigenvalue weighted by Gasteiger charge is 2.43. The number of nitrogens with one attached hydrogen (secondary N) is 3. The molecule has 1 saturated carbocycles. The van der Waals surface area contributed by atoms with Crippen LogP contribution in [0.3, 0.4) is 0 Å². The summed E-state index contributed by atoms with van der Waals surface area (Å²) in [4.78, 5) is 29.8. The van der Waals surface area contributed by atoms with Gasteiger partial charge in [0.05, 0.1) is 6.54 Å². The van der Waals surface area contributed by atoms with E-state index >= 15 is 0 Å². The standard InChI is InChI=1S/C23H25BrN6O2/c24-19-10-8-18(9-11-19)15-30-16-26-21(29-30)27-20(31)23(12-4-5-13-23)28-22(32)25-14-17-6-2-1-3-7-17/h1-3,6-11,16H,4-5,12-15H2,(H2,25,28,32)(H,27,29,31). The molecule has 0 atom stereocenters. The van der Waals surface area contributed by atoms with Gasteiger partial charge in [0.25, 0.3) is 5.91 Å². The lowest BCUT2D eigenvalue weighted by Crippen LogP contribution is -2.57. The molecule has 3 N–H and O–H groups in total. The molecule has 0 saturated heterocycles. The van der Waals surface area contributed by atoms with Crippen molar-refractivity contribution in [3.05, 3.63) is 76.5 Å². The maximum Gasteiger partial charge on any atom is 0.315 e. The Morgan fingerprint density at radius 1 is 1.00 bits per heavy atom. The molecule has 0 spiro atoms. The Morgan fingerprint density at radius 3 is 2.44 bits per heavy atom. The minimum absolute atomic E-state index is 0.227. The Bertz CT molecular complexity index is 1060. The lowest BCUT2D eigenvalue weighted by Gasteiger charge is -2.28. The van der Waals surface area contributed by atoms with Gasteiger partial charge >= 0.3 is 6.03 Å². The monoisotopic (exact) mass is 496 g/mol. The quantitative estimate of drug-likeness (QED) is 0.462. The zero-order chi connectivity index (χ0) is 22.4. The molecule has 1 aromatic heterocycles. The average Bonchev–Trinajstić information content (AvgIpc) is 3.45. The van der Waals surface area contributed by atoms with E-state index in [9.17, 15) is 9.59 Å². The fourth-order valence-corrected chi connectivity index (χ4v) is 4.12. The highest BCUT2D eigenvalue weighted by atomic mass is 79.9. The number of rotatable bonds is 7. The van der Waals surface area contributed by atoms with Crippen LogP contribution in [-0.4, -0.2) is 32.2 Å². The van der Waals surface area contributed by atoms with Gasteiger partial charge < -0.3 is 10.6 Å². The van der Waals surface area contributed by atoms with Crippen LogP contribution >= 0.6 is 15.9 Å². The third-order valence-electron chi connectivity index (χ3n) is 5.56. The molecule has 1 fully saturated rings. The van der Waals surface area contributed by atoms with Crippen LogP contribution in [0.15, 0.2) is 65.4 Å². The Labute approximate surface area is 194 Å². The van der Waals surface area contributed by atoms with Gasteiger partial charge in [0, 0.05) is 11.0 Å². The van der Waals surface area contributed by atoms with Gasteiger partial charge in [0.2, 0.25) is 5.95 Å². The van der Waals surface area contributed by atoms with Gasteiger partial charge in [-0.05, 0) is 36.1 Å². The van der Waals surface area contributed by atoms with Crippen molar-refractivity contribution in [3.63, 3.8) is 0 Å². The van der Waals surface area contributed by atoms with Crippen molar-refractivity contribution >= 4 is 33.8 Å². The van der Waals surface area contributed by atoms with Gasteiger partial charge in [-0.25, -0.2) is 14.5 Å².